The second-order valence-electron chi connectivity index (χ2n) is 4.71. The number of hydrogen-bond acceptors (Lipinski definition) is 3. The van der Waals surface area contributed by atoms with Gasteiger partial charge in [-0.05, 0) is 31.4 Å². The van der Waals surface area contributed by atoms with E-state index in [1.54, 1.807) is 0 Å². The predicted octanol–water partition coefficient (Wildman–Crippen LogP) is 3.15. The zero-order chi connectivity index (χ0) is 12.9. The van der Waals surface area contributed by atoms with Crippen molar-refractivity contribution in [1.82, 2.24) is 0 Å². The molecule has 1 aromatic carbocycles. The fourth-order valence-corrected chi connectivity index (χ4v) is 3.01. The Morgan fingerprint density at radius 3 is 2.78 bits per heavy atom. The van der Waals surface area contributed by atoms with Crippen LogP contribution in [0, 0.1) is 13.8 Å². The Kier molecular flexibility index (Phi) is 2.84. The number of hydrogen-bond donors (Lipinski definition) is 0. The molecule has 3 nitrogen and oxygen atoms in total. The summed E-state index contributed by atoms with van der Waals surface area (Å²) < 4.78 is 11.6. The van der Waals surface area contributed by atoms with Gasteiger partial charge < -0.3 is 9.15 Å². The van der Waals surface area contributed by atoms with Crippen LogP contribution in [0.15, 0.2) is 21.3 Å². The summed E-state index contributed by atoms with van der Waals surface area (Å²) in [6, 6.07) is 4.01. The van der Waals surface area contributed by atoms with Crippen LogP contribution in [0.4, 0.5) is 0 Å². The quantitative estimate of drug-likeness (QED) is 0.414. The summed E-state index contributed by atoms with van der Waals surface area (Å²) in [5.74, 6) is 0.732. The van der Waals surface area contributed by atoms with E-state index in [4.69, 9.17) is 9.15 Å². The van der Waals surface area contributed by atoms with Crippen molar-refractivity contribution < 1.29 is 9.15 Å². The van der Waals surface area contributed by atoms with Gasteiger partial charge >= 0.3 is 5.63 Å². The third-order valence-corrected chi connectivity index (χ3v) is 4.14. The van der Waals surface area contributed by atoms with Crippen LogP contribution in [0.5, 0.6) is 5.75 Å². The normalized spacial score (nSPS) is 18.5. The maximum atomic E-state index is 12.0. The minimum Gasteiger partial charge on any atom is -0.491 e. The number of rotatable bonds is 0. The second kappa shape index (κ2) is 4.26. The lowest BCUT2D eigenvalue weighted by Gasteiger charge is -2.22. The van der Waals surface area contributed by atoms with Gasteiger partial charge in [-0.25, -0.2) is 4.79 Å². The van der Waals surface area contributed by atoms with Crippen molar-refractivity contribution in [2.75, 3.05) is 6.61 Å². The van der Waals surface area contributed by atoms with Crippen LogP contribution in [0.3, 0.4) is 0 Å². The van der Waals surface area contributed by atoms with E-state index in [2.05, 4.69) is 22.6 Å². The summed E-state index contributed by atoms with van der Waals surface area (Å²) in [4.78, 5) is 12.0. The van der Waals surface area contributed by atoms with Gasteiger partial charge in [-0.2, -0.15) is 0 Å². The largest absolute Gasteiger partial charge is 0.491 e. The van der Waals surface area contributed by atoms with Crippen LogP contribution in [0.25, 0.3) is 11.0 Å². The molecule has 1 aliphatic rings. The highest BCUT2D eigenvalue weighted by molar-refractivity contribution is 14.1. The fourth-order valence-electron chi connectivity index (χ4n) is 2.39. The molecule has 2 heterocycles. The van der Waals surface area contributed by atoms with Gasteiger partial charge in [0.2, 0.25) is 0 Å². The number of benzene rings is 1. The van der Waals surface area contributed by atoms with Crippen LogP contribution in [-0.2, 0) is 6.42 Å². The van der Waals surface area contributed by atoms with E-state index in [0.717, 1.165) is 28.7 Å². The van der Waals surface area contributed by atoms with Crippen molar-refractivity contribution in [2.45, 2.75) is 24.2 Å². The summed E-state index contributed by atoms with van der Waals surface area (Å²) >= 11 is 2.30. The van der Waals surface area contributed by atoms with Gasteiger partial charge in [-0.3, -0.25) is 0 Å². The van der Waals surface area contributed by atoms with Crippen LogP contribution in [0.1, 0.15) is 16.7 Å². The zero-order valence-electron chi connectivity index (χ0n) is 10.2. The van der Waals surface area contributed by atoms with Crippen molar-refractivity contribution in [3.63, 3.8) is 0 Å². The molecule has 0 aliphatic carbocycles. The maximum absolute atomic E-state index is 12.0. The second-order valence-corrected chi connectivity index (χ2v) is 6.47. The molecule has 18 heavy (non-hydrogen) atoms. The molecule has 0 spiro atoms. The summed E-state index contributed by atoms with van der Waals surface area (Å²) in [6.07, 6.45) is 0.724. The smallest absolute Gasteiger partial charge is 0.343 e. The number of alkyl halides is 1. The third-order valence-electron chi connectivity index (χ3n) is 3.34. The molecule has 1 atom stereocenters. The molecule has 0 fully saturated rings. The first-order chi connectivity index (χ1) is 8.58. The Morgan fingerprint density at radius 1 is 1.28 bits per heavy atom. The minimum atomic E-state index is -0.257. The van der Waals surface area contributed by atoms with Gasteiger partial charge in [0.15, 0.2) is 0 Å². The van der Waals surface area contributed by atoms with E-state index in [1.807, 2.05) is 26.0 Å². The Balaban J connectivity index is 2.44. The van der Waals surface area contributed by atoms with Crippen LogP contribution in [-0.4, -0.2) is 10.5 Å². The number of fused-ring (bicyclic) bond motifs is 3. The van der Waals surface area contributed by atoms with Crippen molar-refractivity contribution in [3.05, 3.63) is 39.2 Å². The lowest BCUT2D eigenvalue weighted by atomic mass is 10.0. The molecular formula is C14H13IO3. The molecule has 94 valence electrons. The molecule has 1 unspecified atom stereocenters. The van der Waals surface area contributed by atoms with Crippen LogP contribution >= 0.6 is 22.6 Å². The number of aryl methyl sites for hydroxylation is 2. The first kappa shape index (κ1) is 12.0. The topological polar surface area (TPSA) is 39.4 Å². The Morgan fingerprint density at radius 2 is 2.00 bits per heavy atom. The van der Waals surface area contributed by atoms with Gasteiger partial charge in [0, 0.05) is 3.92 Å². The third kappa shape index (κ3) is 1.74. The molecule has 0 saturated heterocycles. The molecule has 0 amide bonds. The van der Waals surface area contributed by atoms with Gasteiger partial charge in [-0.1, -0.05) is 34.7 Å². The summed E-state index contributed by atoms with van der Waals surface area (Å²) in [6.45, 7) is 4.61. The highest BCUT2D eigenvalue weighted by Crippen LogP contribution is 2.35. The molecule has 1 aromatic heterocycles. The fraction of sp³-hybridized carbons (Fsp3) is 0.357. The van der Waals surface area contributed by atoms with Crippen molar-refractivity contribution >= 4 is 33.6 Å². The van der Waals surface area contributed by atoms with E-state index in [9.17, 15) is 4.79 Å². The highest BCUT2D eigenvalue weighted by atomic mass is 127. The zero-order valence-corrected chi connectivity index (χ0v) is 12.4. The number of ether oxygens (including phenoxy) is 1. The standard InChI is InChI=1S/C14H13IO3/c1-7-3-4-8(2)12-11(7)13-10(14(16)18-12)5-9(15)6-17-13/h3-4,9H,5-6H2,1-2H3. The van der Waals surface area contributed by atoms with Gasteiger partial charge in [0.05, 0.1) is 10.9 Å². The summed E-state index contributed by atoms with van der Waals surface area (Å²) in [5.41, 5.74) is 3.14. The van der Waals surface area contributed by atoms with Crippen LogP contribution in [0.2, 0.25) is 0 Å². The highest BCUT2D eigenvalue weighted by Gasteiger charge is 2.25. The molecule has 1 aliphatic heterocycles. The van der Waals surface area contributed by atoms with E-state index in [0.29, 0.717) is 21.7 Å². The molecule has 0 radical (unpaired) electrons. The maximum Gasteiger partial charge on any atom is 0.343 e. The lowest BCUT2D eigenvalue weighted by molar-refractivity contribution is 0.297. The summed E-state index contributed by atoms with van der Waals surface area (Å²) in [7, 11) is 0. The van der Waals surface area contributed by atoms with E-state index < -0.39 is 0 Å². The van der Waals surface area contributed by atoms with E-state index in [-0.39, 0.29) is 5.63 Å². The van der Waals surface area contributed by atoms with Gasteiger partial charge in [0.25, 0.3) is 0 Å². The lowest BCUT2D eigenvalue weighted by Crippen LogP contribution is -2.26. The predicted molar refractivity (Wildman–Crippen MR) is 79.0 cm³/mol. The first-order valence-corrected chi connectivity index (χ1v) is 7.15. The van der Waals surface area contributed by atoms with Crippen molar-refractivity contribution in [2.24, 2.45) is 0 Å². The van der Waals surface area contributed by atoms with E-state index >= 15 is 0 Å². The number of halogens is 1. The molecular weight excluding hydrogens is 343 g/mol. The van der Waals surface area contributed by atoms with Gasteiger partial charge in [0.1, 0.15) is 17.9 Å². The molecule has 0 saturated carbocycles. The minimum absolute atomic E-state index is 0.257. The first-order valence-electron chi connectivity index (χ1n) is 5.90. The average Bonchev–Trinajstić information content (AvgIpc) is 2.34. The molecule has 2 aromatic rings. The van der Waals surface area contributed by atoms with Crippen molar-refractivity contribution in [1.29, 1.82) is 0 Å². The molecule has 3 rings (SSSR count). The Hall–Kier alpha value is -1.04. The Bertz CT molecular complexity index is 687. The molecule has 4 heteroatoms. The van der Waals surface area contributed by atoms with E-state index in [1.165, 1.54) is 0 Å². The molecule has 0 bridgehead atoms. The van der Waals surface area contributed by atoms with Crippen molar-refractivity contribution in [3.8, 4) is 5.75 Å². The Labute approximate surface area is 118 Å². The van der Waals surface area contributed by atoms with Crippen LogP contribution < -0.4 is 10.4 Å². The average molecular weight is 356 g/mol. The van der Waals surface area contributed by atoms with Gasteiger partial charge in [-0.15, -0.1) is 0 Å². The molecule has 0 N–H and O–H groups in total. The SMILES string of the molecule is Cc1ccc(C)c2c3c(c(=O)oc12)CC(I)CO3. The monoisotopic (exact) mass is 356 g/mol. The summed E-state index contributed by atoms with van der Waals surface area (Å²) in [5, 5.41) is 0.952.